The maximum Gasteiger partial charge on any atom is 0.265 e. The molecule has 0 saturated carbocycles. The van der Waals surface area contributed by atoms with E-state index in [1.54, 1.807) is 18.2 Å². The Bertz CT molecular complexity index is 208. The van der Waals surface area contributed by atoms with Gasteiger partial charge in [-0.05, 0) is 12.1 Å². The lowest BCUT2D eigenvalue weighted by molar-refractivity contribution is -0.615. The van der Waals surface area contributed by atoms with Crippen LogP contribution in [0.2, 0.25) is 0 Å². The molecule has 9 heavy (non-hydrogen) atoms. The minimum absolute atomic E-state index is 0.712. The van der Waals surface area contributed by atoms with Gasteiger partial charge in [0.05, 0.1) is 12.4 Å². The lowest BCUT2D eigenvalue weighted by Crippen LogP contribution is -2.49. The quantitative estimate of drug-likeness (QED) is 0.271. The van der Waals surface area contributed by atoms with Crippen LogP contribution in [0, 0.1) is 5.41 Å². The molecule has 0 aromatic carbocycles. The zero-order valence-electron chi connectivity index (χ0n) is 4.74. The van der Waals surface area contributed by atoms with E-state index in [0.29, 0.717) is 0 Å². The van der Waals surface area contributed by atoms with Gasteiger partial charge in [0.1, 0.15) is 0 Å². The number of rotatable bonds is 0. The molecule has 46 valence electrons. The molecule has 0 radical (unpaired) electrons. The standard InChI is InChI=1S/C6H6N2O/c7-6(9)8-4-2-1-3-5-8/h1-5H,(H-,7,9). The van der Waals surface area contributed by atoms with Crippen LogP contribution in [-0.2, 0) is 0 Å². The minimum atomic E-state index is -0.712. The van der Waals surface area contributed by atoms with E-state index >= 15 is 0 Å². The number of nitrogens with zero attached hydrogens (tertiary/aromatic N) is 1. The van der Waals surface area contributed by atoms with Gasteiger partial charge in [-0.3, -0.25) is 0 Å². The van der Waals surface area contributed by atoms with E-state index in [2.05, 4.69) is 0 Å². The van der Waals surface area contributed by atoms with Crippen LogP contribution in [-0.4, -0.2) is 6.02 Å². The smallest absolute Gasteiger partial charge is 0.265 e. The summed E-state index contributed by atoms with van der Waals surface area (Å²) in [5.74, 6) is 0. The molecule has 1 N–H and O–H groups in total. The molecular formula is C6H6N2O. The van der Waals surface area contributed by atoms with Crippen LogP contribution >= 0.6 is 0 Å². The van der Waals surface area contributed by atoms with Crippen molar-refractivity contribution in [2.45, 2.75) is 0 Å². The molecule has 1 aromatic heterocycles. The average molecular weight is 122 g/mol. The molecule has 0 fully saturated rings. The first-order chi connectivity index (χ1) is 4.30. The van der Waals surface area contributed by atoms with E-state index in [4.69, 9.17) is 5.41 Å². The van der Waals surface area contributed by atoms with E-state index in [1.807, 2.05) is 0 Å². The van der Waals surface area contributed by atoms with Gasteiger partial charge in [-0.25, -0.2) is 4.57 Å². The fourth-order valence-electron chi connectivity index (χ4n) is 0.534. The molecule has 0 atom stereocenters. The molecule has 3 nitrogen and oxygen atoms in total. The molecule has 3 heteroatoms. The monoisotopic (exact) mass is 122 g/mol. The summed E-state index contributed by atoms with van der Waals surface area (Å²) in [6.07, 6.45) is 3.07. The summed E-state index contributed by atoms with van der Waals surface area (Å²) < 4.78 is 1.19. The first kappa shape index (κ1) is 5.75. The average Bonchev–Trinajstić information content (AvgIpc) is 1.90. The van der Waals surface area contributed by atoms with Crippen LogP contribution in [0.15, 0.2) is 30.6 Å². The van der Waals surface area contributed by atoms with Crippen LogP contribution in [0.3, 0.4) is 0 Å². The fraction of sp³-hybridized carbons (Fsp3) is 0. The summed E-state index contributed by atoms with van der Waals surface area (Å²) in [6, 6.07) is 4.48. The highest BCUT2D eigenvalue weighted by Gasteiger charge is 1.88. The first-order valence-corrected chi connectivity index (χ1v) is 2.53. The Morgan fingerprint density at radius 1 is 1.22 bits per heavy atom. The molecule has 0 bridgehead atoms. The van der Waals surface area contributed by atoms with Crippen LogP contribution in [0.1, 0.15) is 0 Å². The Balaban J connectivity index is 2.98. The van der Waals surface area contributed by atoms with Gasteiger partial charge in [0.25, 0.3) is 6.02 Å². The molecule has 0 amide bonds. The summed E-state index contributed by atoms with van der Waals surface area (Å²) in [6.45, 7) is 0. The second-order valence-corrected chi connectivity index (χ2v) is 1.59. The molecular weight excluding hydrogens is 116 g/mol. The Kier molecular flexibility index (Phi) is 1.44. The number of hydrogen-bond donors (Lipinski definition) is 1. The van der Waals surface area contributed by atoms with Gasteiger partial charge >= 0.3 is 0 Å². The third-order valence-corrected chi connectivity index (χ3v) is 0.950. The van der Waals surface area contributed by atoms with Gasteiger partial charge in [0.2, 0.25) is 0 Å². The van der Waals surface area contributed by atoms with Gasteiger partial charge in [0, 0.05) is 0 Å². The zero-order valence-corrected chi connectivity index (χ0v) is 4.74. The summed E-state index contributed by atoms with van der Waals surface area (Å²) in [4.78, 5) is 0. The molecule has 0 spiro atoms. The predicted molar refractivity (Wildman–Crippen MR) is 29.8 cm³/mol. The number of aromatic nitrogens is 1. The van der Waals surface area contributed by atoms with Crippen molar-refractivity contribution < 1.29 is 9.67 Å². The molecule has 1 heterocycles. The largest absolute Gasteiger partial charge is 0.807 e. The van der Waals surface area contributed by atoms with E-state index < -0.39 is 6.02 Å². The van der Waals surface area contributed by atoms with Gasteiger partial charge in [-0.2, -0.15) is 0 Å². The Morgan fingerprint density at radius 3 is 2.11 bits per heavy atom. The highest BCUT2D eigenvalue weighted by molar-refractivity contribution is 5.53. The molecule has 0 unspecified atom stereocenters. The summed E-state index contributed by atoms with van der Waals surface area (Å²) >= 11 is 0. The van der Waals surface area contributed by atoms with Crippen molar-refractivity contribution in [3.05, 3.63) is 30.6 Å². The van der Waals surface area contributed by atoms with Gasteiger partial charge in [-0.1, -0.05) is 6.07 Å². The second-order valence-electron chi connectivity index (χ2n) is 1.59. The van der Waals surface area contributed by atoms with Crippen molar-refractivity contribution >= 4 is 6.02 Å². The molecule has 0 aliphatic rings. The topological polar surface area (TPSA) is 50.8 Å². The lowest BCUT2D eigenvalue weighted by Gasteiger charge is -1.97. The Morgan fingerprint density at radius 2 is 1.78 bits per heavy atom. The van der Waals surface area contributed by atoms with Gasteiger partial charge < -0.3 is 5.11 Å². The number of nitrogens with one attached hydrogen (secondary N) is 1. The zero-order chi connectivity index (χ0) is 6.69. The Hall–Kier alpha value is -1.38. The third kappa shape index (κ3) is 1.25. The van der Waals surface area contributed by atoms with E-state index in [0.717, 1.165) is 0 Å². The van der Waals surface area contributed by atoms with Crippen LogP contribution in [0.4, 0.5) is 0 Å². The second kappa shape index (κ2) is 2.26. The third-order valence-electron chi connectivity index (χ3n) is 0.950. The number of pyridine rings is 1. The molecule has 0 aliphatic heterocycles. The highest BCUT2D eigenvalue weighted by atomic mass is 16.3. The van der Waals surface area contributed by atoms with Gasteiger partial charge in [-0.15, -0.1) is 5.41 Å². The molecule has 0 aliphatic carbocycles. The number of hydrogen-bond acceptors (Lipinski definition) is 2. The van der Waals surface area contributed by atoms with Crippen molar-refractivity contribution in [3.63, 3.8) is 0 Å². The van der Waals surface area contributed by atoms with Crippen LogP contribution in [0.5, 0.6) is 0 Å². The maximum atomic E-state index is 10.3. The predicted octanol–water partition coefficient (Wildman–Crippen LogP) is -0.883. The fourth-order valence-corrected chi connectivity index (χ4v) is 0.534. The highest BCUT2D eigenvalue weighted by Crippen LogP contribution is 1.73. The Labute approximate surface area is 52.7 Å². The lowest BCUT2D eigenvalue weighted by atomic mass is 10.5. The SMILES string of the molecule is N=C([O-])[n+]1ccccc1. The van der Waals surface area contributed by atoms with Crippen molar-refractivity contribution in [3.8, 4) is 0 Å². The minimum Gasteiger partial charge on any atom is -0.807 e. The summed E-state index contributed by atoms with van der Waals surface area (Å²) in [5, 5.41) is 16.9. The van der Waals surface area contributed by atoms with Crippen molar-refractivity contribution in [2.24, 2.45) is 0 Å². The normalized spacial score (nSPS) is 8.89. The molecule has 0 saturated heterocycles. The summed E-state index contributed by atoms with van der Waals surface area (Å²) in [5.41, 5.74) is 0. The molecule has 1 rings (SSSR count). The van der Waals surface area contributed by atoms with E-state index in [9.17, 15) is 5.11 Å². The van der Waals surface area contributed by atoms with Gasteiger partial charge in [0.15, 0.2) is 0 Å². The maximum absolute atomic E-state index is 10.3. The summed E-state index contributed by atoms with van der Waals surface area (Å²) in [7, 11) is 0. The first-order valence-electron chi connectivity index (χ1n) is 2.53. The van der Waals surface area contributed by atoms with Crippen LogP contribution < -0.4 is 9.67 Å². The van der Waals surface area contributed by atoms with E-state index in [1.165, 1.54) is 17.0 Å². The van der Waals surface area contributed by atoms with Crippen molar-refractivity contribution in [1.29, 1.82) is 5.41 Å². The van der Waals surface area contributed by atoms with Crippen molar-refractivity contribution in [2.75, 3.05) is 0 Å². The van der Waals surface area contributed by atoms with Crippen LogP contribution in [0.25, 0.3) is 0 Å². The van der Waals surface area contributed by atoms with E-state index in [-0.39, 0.29) is 0 Å². The molecule has 1 aromatic rings. The van der Waals surface area contributed by atoms with Crippen molar-refractivity contribution in [1.82, 2.24) is 0 Å².